The van der Waals surface area contributed by atoms with Crippen LogP contribution in [0.25, 0.3) is 0 Å². The Balaban J connectivity index is 1.62. The Bertz CT molecular complexity index is 969. The monoisotopic (exact) mass is 412 g/mol. The van der Waals surface area contributed by atoms with Crippen LogP contribution in [-0.4, -0.2) is 26.4 Å². The number of nitrogens with zero attached hydrogens (tertiary/aromatic N) is 2. The first kappa shape index (κ1) is 20.2. The number of para-hydroxylation sites is 1. The molecule has 148 valence electrons. The second-order valence-corrected chi connectivity index (χ2v) is 6.38. The average Bonchev–Trinajstić information content (AvgIpc) is 2.70. The van der Waals surface area contributed by atoms with Crippen molar-refractivity contribution in [2.45, 2.75) is 12.5 Å². The van der Waals surface area contributed by atoms with E-state index < -0.39 is 17.8 Å². The molecule has 9 heteroatoms. The van der Waals surface area contributed by atoms with E-state index in [1.165, 1.54) is 24.3 Å². The summed E-state index contributed by atoms with van der Waals surface area (Å²) in [6.07, 6.45) is -0.233. The molecule has 3 rings (SSSR count). The van der Waals surface area contributed by atoms with Crippen molar-refractivity contribution in [1.82, 2.24) is 15.5 Å². The first-order valence-corrected chi connectivity index (χ1v) is 9.02. The van der Waals surface area contributed by atoms with Gasteiger partial charge in [-0.2, -0.15) is 0 Å². The Kier molecular flexibility index (Phi) is 6.64. The summed E-state index contributed by atoms with van der Waals surface area (Å²) in [4.78, 5) is 11.2. The van der Waals surface area contributed by atoms with Gasteiger partial charge in [-0.05, 0) is 48.1 Å². The van der Waals surface area contributed by atoms with Crippen molar-refractivity contribution < 1.29 is 19.0 Å². The highest BCUT2D eigenvalue weighted by Crippen LogP contribution is 2.20. The Morgan fingerprint density at radius 2 is 1.79 bits per heavy atom. The van der Waals surface area contributed by atoms with Crippen LogP contribution in [0, 0.1) is 5.82 Å². The number of ether oxygens (including phenoxy) is 1. The molecule has 0 aliphatic rings. The van der Waals surface area contributed by atoms with Crippen molar-refractivity contribution in [3.8, 4) is 11.6 Å². The number of thiocarbonyl (C=S) groups is 1. The van der Waals surface area contributed by atoms with Crippen molar-refractivity contribution in [1.29, 1.82) is 0 Å². The molecule has 1 aromatic heterocycles. The summed E-state index contributed by atoms with van der Waals surface area (Å²) < 4.78 is 18.7. The standard InChI is InChI=1S/C20H17FN4O3S/c21-14-8-6-13(7-9-14)16(12-19(26)27)22-20(29)23-17-10-11-18(25-24-17)28-15-4-2-1-3-5-15/h1-11,16H,12H2,(H,26,27)(H2,22,23,24,29)/t16-/m0/s1. The summed E-state index contributed by atoms with van der Waals surface area (Å²) in [6.45, 7) is 0. The van der Waals surface area contributed by atoms with E-state index in [1.54, 1.807) is 24.3 Å². The Morgan fingerprint density at radius 3 is 2.41 bits per heavy atom. The molecule has 29 heavy (non-hydrogen) atoms. The number of halogens is 1. The lowest BCUT2D eigenvalue weighted by atomic mass is 10.0. The Hall–Kier alpha value is -3.59. The molecule has 0 bridgehead atoms. The molecule has 0 saturated carbocycles. The smallest absolute Gasteiger partial charge is 0.305 e. The number of nitrogens with one attached hydrogen (secondary N) is 2. The average molecular weight is 412 g/mol. The molecule has 3 aromatic rings. The van der Waals surface area contributed by atoms with E-state index in [-0.39, 0.29) is 11.5 Å². The minimum atomic E-state index is -1.02. The highest BCUT2D eigenvalue weighted by atomic mass is 32.1. The van der Waals surface area contributed by atoms with Gasteiger partial charge in [0, 0.05) is 6.07 Å². The van der Waals surface area contributed by atoms with Crippen molar-refractivity contribution in [3.63, 3.8) is 0 Å². The van der Waals surface area contributed by atoms with E-state index in [0.29, 0.717) is 23.0 Å². The normalized spacial score (nSPS) is 11.3. The molecule has 7 nitrogen and oxygen atoms in total. The lowest BCUT2D eigenvalue weighted by Crippen LogP contribution is -2.33. The van der Waals surface area contributed by atoms with Gasteiger partial charge in [0.1, 0.15) is 11.6 Å². The zero-order chi connectivity index (χ0) is 20.6. The molecule has 0 aliphatic heterocycles. The van der Waals surface area contributed by atoms with Gasteiger partial charge in [-0.25, -0.2) is 4.39 Å². The van der Waals surface area contributed by atoms with Crippen LogP contribution in [0.3, 0.4) is 0 Å². The molecular formula is C20H17FN4O3S. The number of anilines is 1. The fraction of sp³-hybridized carbons (Fsp3) is 0.100. The van der Waals surface area contributed by atoms with Gasteiger partial charge in [0.25, 0.3) is 0 Å². The van der Waals surface area contributed by atoms with E-state index in [0.717, 1.165) is 0 Å². The van der Waals surface area contributed by atoms with Gasteiger partial charge >= 0.3 is 5.97 Å². The van der Waals surface area contributed by atoms with E-state index in [4.69, 9.17) is 22.1 Å². The number of carbonyl (C=O) groups is 1. The molecule has 2 aromatic carbocycles. The van der Waals surface area contributed by atoms with E-state index in [9.17, 15) is 9.18 Å². The van der Waals surface area contributed by atoms with Gasteiger partial charge in [-0.3, -0.25) is 4.79 Å². The number of hydrogen-bond donors (Lipinski definition) is 3. The number of carboxylic acid groups (broad SMARTS) is 1. The summed E-state index contributed by atoms with van der Waals surface area (Å²) in [5.74, 6) is -0.115. The van der Waals surface area contributed by atoms with E-state index in [2.05, 4.69) is 20.8 Å². The largest absolute Gasteiger partial charge is 0.481 e. The van der Waals surface area contributed by atoms with Crippen molar-refractivity contribution in [3.05, 3.63) is 78.1 Å². The lowest BCUT2D eigenvalue weighted by Gasteiger charge is -2.19. The van der Waals surface area contributed by atoms with Crippen molar-refractivity contribution in [2.24, 2.45) is 0 Å². The fourth-order valence-electron chi connectivity index (χ4n) is 2.48. The highest BCUT2D eigenvalue weighted by Gasteiger charge is 2.17. The predicted molar refractivity (Wildman–Crippen MR) is 109 cm³/mol. The van der Waals surface area contributed by atoms with Crippen molar-refractivity contribution in [2.75, 3.05) is 5.32 Å². The molecule has 0 unspecified atom stereocenters. The highest BCUT2D eigenvalue weighted by molar-refractivity contribution is 7.80. The van der Waals surface area contributed by atoms with Gasteiger partial charge in [-0.1, -0.05) is 30.3 Å². The second kappa shape index (κ2) is 9.56. The molecule has 1 atom stereocenters. The maximum Gasteiger partial charge on any atom is 0.305 e. The SMILES string of the molecule is O=C(O)C[C@H](NC(=S)Nc1ccc(Oc2ccccc2)nn1)c1ccc(F)cc1. The van der Waals surface area contributed by atoms with Crippen LogP contribution in [-0.2, 0) is 4.79 Å². The topological polar surface area (TPSA) is 96.4 Å². The van der Waals surface area contributed by atoms with Crippen LogP contribution >= 0.6 is 12.2 Å². The molecular weight excluding hydrogens is 395 g/mol. The Labute approximate surface area is 171 Å². The summed E-state index contributed by atoms with van der Waals surface area (Å²) in [5, 5.41) is 23.0. The van der Waals surface area contributed by atoms with Crippen LogP contribution < -0.4 is 15.4 Å². The number of aliphatic carboxylic acids is 1. The molecule has 0 spiro atoms. The summed E-state index contributed by atoms with van der Waals surface area (Å²) in [6, 6.07) is 17.3. The minimum Gasteiger partial charge on any atom is -0.481 e. The molecule has 0 amide bonds. The number of carboxylic acids is 1. The van der Waals surface area contributed by atoms with Crippen LogP contribution in [0.1, 0.15) is 18.0 Å². The van der Waals surface area contributed by atoms with Gasteiger partial charge in [0.05, 0.1) is 12.5 Å². The molecule has 0 saturated heterocycles. The van der Waals surface area contributed by atoms with Crippen molar-refractivity contribution >= 4 is 29.1 Å². The summed E-state index contributed by atoms with van der Waals surface area (Å²) in [5.41, 5.74) is 0.593. The maximum atomic E-state index is 13.1. The maximum absolute atomic E-state index is 13.1. The van der Waals surface area contributed by atoms with Crippen LogP contribution in [0.5, 0.6) is 11.6 Å². The van der Waals surface area contributed by atoms with Crippen LogP contribution in [0.4, 0.5) is 10.2 Å². The van der Waals surface area contributed by atoms with Gasteiger partial charge in [0.2, 0.25) is 5.88 Å². The van der Waals surface area contributed by atoms with Crippen LogP contribution in [0.15, 0.2) is 66.7 Å². The third-order valence-corrected chi connectivity index (χ3v) is 4.02. The van der Waals surface area contributed by atoms with Gasteiger partial charge in [0.15, 0.2) is 10.9 Å². The van der Waals surface area contributed by atoms with Gasteiger partial charge in [-0.15, -0.1) is 10.2 Å². The Morgan fingerprint density at radius 1 is 1.07 bits per heavy atom. The number of benzene rings is 2. The summed E-state index contributed by atoms with van der Waals surface area (Å²) >= 11 is 5.24. The molecule has 0 fully saturated rings. The molecule has 1 heterocycles. The van der Waals surface area contributed by atoms with Crippen LogP contribution in [0.2, 0.25) is 0 Å². The zero-order valence-electron chi connectivity index (χ0n) is 15.1. The quantitative estimate of drug-likeness (QED) is 0.503. The first-order chi connectivity index (χ1) is 14.0. The second-order valence-electron chi connectivity index (χ2n) is 5.97. The fourth-order valence-corrected chi connectivity index (χ4v) is 2.73. The third-order valence-electron chi connectivity index (χ3n) is 3.80. The van der Waals surface area contributed by atoms with Gasteiger partial charge < -0.3 is 20.5 Å². The van der Waals surface area contributed by atoms with E-state index in [1.807, 2.05) is 18.2 Å². The first-order valence-electron chi connectivity index (χ1n) is 8.61. The molecule has 0 aliphatic carbocycles. The number of rotatable bonds is 7. The molecule has 3 N–H and O–H groups in total. The summed E-state index contributed by atoms with van der Waals surface area (Å²) in [7, 11) is 0. The lowest BCUT2D eigenvalue weighted by molar-refractivity contribution is -0.137. The zero-order valence-corrected chi connectivity index (χ0v) is 15.9. The third kappa shape index (κ3) is 6.22. The van der Waals surface area contributed by atoms with E-state index >= 15 is 0 Å². The minimum absolute atomic E-state index is 0.159. The number of aromatic nitrogens is 2. The molecule has 0 radical (unpaired) electrons. The predicted octanol–water partition coefficient (Wildman–Crippen LogP) is 3.91. The number of hydrogen-bond acceptors (Lipinski definition) is 5.